The zero-order valence-electron chi connectivity index (χ0n) is 10.5. The third-order valence-electron chi connectivity index (χ3n) is 2.65. The van der Waals surface area contributed by atoms with Crippen LogP contribution in [-0.4, -0.2) is 14.7 Å². The van der Waals surface area contributed by atoms with Gasteiger partial charge in [0.1, 0.15) is 5.82 Å². The molecule has 0 aromatic heterocycles. The van der Waals surface area contributed by atoms with Gasteiger partial charge in [0.05, 0.1) is 20.7 Å². The second-order valence-electron chi connectivity index (χ2n) is 4.28. The van der Waals surface area contributed by atoms with Crippen molar-refractivity contribution in [2.24, 2.45) is 0 Å². The first-order chi connectivity index (χ1) is 9.27. The Morgan fingerprint density at radius 2 is 1.90 bits per heavy atom. The molecule has 0 aliphatic rings. The van der Waals surface area contributed by atoms with Crippen LogP contribution >= 0.6 is 15.9 Å². The summed E-state index contributed by atoms with van der Waals surface area (Å²) < 4.78 is 36.3. The lowest BCUT2D eigenvalue weighted by molar-refractivity contribution is 0.602. The van der Waals surface area contributed by atoms with Gasteiger partial charge in [0.2, 0.25) is 0 Å². The molecular weight excluding hydrogens is 347 g/mol. The number of halogens is 2. The maximum atomic E-state index is 13.1. The van der Waals surface area contributed by atoms with E-state index in [2.05, 4.69) is 21.2 Å². The van der Waals surface area contributed by atoms with Crippen molar-refractivity contribution in [3.05, 3.63) is 46.7 Å². The standard InChI is InChI=1S/C13H12BrFN2O2S/c1-20(18,19)9-3-5-13(12(16)7-9)17-8-2-4-11(15)10(14)6-8/h2-7,17H,16H2,1H3. The average Bonchev–Trinajstić information content (AvgIpc) is 2.35. The number of hydrogen-bond acceptors (Lipinski definition) is 4. The van der Waals surface area contributed by atoms with Crippen LogP contribution in [0.25, 0.3) is 0 Å². The molecule has 2 aromatic carbocycles. The summed E-state index contributed by atoms with van der Waals surface area (Å²) in [6, 6.07) is 8.86. The molecule has 4 nitrogen and oxygen atoms in total. The minimum absolute atomic E-state index is 0.154. The predicted octanol–water partition coefficient (Wildman–Crippen LogP) is 3.32. The number of hydrogen-bond donors (Lipinski definition) is 2. The van der Waals surface area contributed by atoms with E-state index in [1.165, 1.54) is 18.2 Å². The molecule has 7 heteroatoms. The van der Waals surface area contributed by atoms with E-state index in [0.29, 0.717) is 21.5 Å². The van der Waals surface area contributed by atoms with Gasteiger partial charge in [0, 0.05) is 11.9 Å². The fourth-order valence-electron chi connectivity index (χ4n) is 1.61. The zero-order chi connectivity index (χ0) is 14.9. The fraction of sp³-hybridized carbons (Fsp3) is 0.0769. The molecule has 0 aliphatic heterocycles. The second kappa shape index (κ2) is 5.41. The molecule has 0 unspecified atom stereocenters. The highest BCUT2D eigenvalue weighted by Gasteiger charge is 2.10. The van der Waals surface area contributed by atoms with Crippen molar-refractivity contribution < 1.29 is 12.8 Å². The molecule has 0 heterocycles. The van der Waals surface area contributed by atoms with E-state index < -0.39 is 9.84 Å². The first kappa shape index (κ1) is 14.8. The van der Waals surface area contributed by atoms with Gasteiger partial charge in [-0.2, -0.15) is 0 Å². The van der Waals surface area contributed by atoms with Gasteiger partial charge in [-0.05, 0) is 52.3 Å². The zero-order valence-corrected chi connectivity index (χ0v) is 12.9. The molecule has 0 spiro atoms. The van der Waals surface area contributed by atoms with Crippen LogP contribution < -0.4 is 11.1 Å². The van der Waals surface area contributed by atoms with E-state index in [9.17, 15) is 12.8 Å². The van der Waals surface area contributed by atoms with Gasteiger partial charge in [-0.25, -0.2) is 12.8 Å². The molecule has 0 fully saturated rings. The van der Waals surface area contributed by atoms with Crippen molar-refractivity contribution in [3.63, 3.8) is 0 Å². The van der Waals surface area contributed by atoms with Crippen molar-refractivity contribution in [1.82, 2.24) is 0 Å². The van der Waals surface area contributed by atoms with Gasteiger partial charge >= 0.3 is 0 Å². The summed E-state index contributed by atoms with van der Waals surface area (Å²) in [4.78, 5) is 0.154. The quantitative estimate of drug-likeness (QED) is 0.825. The molecule has 0 amide bonds. The van der Waals surface area contributed by atoms with Gasteiger partial charge in [0.15, 0.2) is 9.84 Å². The molecule has 20 heavy (non-hydrogen) atoms. The van der Waals surface area contributed by atoms with Crippen LogP contribution in [0.4, 0.5) is 21.5 Å². The Bertz CT molecular complexity index is 763. The molecule has 2 aromatic rings. The van der Waals surface area contributed by atoms with Crippen LogP contribution in [0.5, 0.6) is 0 Å². The molecule has 106 valence electrons. The Labute approximate surface area is 124 Å². The molecular formula is C13H12BrFN2O2S. The normalized spacial score (nSPS) is 11.3. The molecule has 2 rings (SSSR count). The highest BCUT2D eigenvalue weighted by atomic mass is 79.9. The monoisotopic (exact) mass is 358 g/mol. The fourth-order valence-corrected chi connectivity index (χ4v) is 2.65. The van der Waals surface area contributed by atoms with E-state index in [-0.39, 0.29) is 10.7 Å². The minimum atomic E-state index is -3.29. The van der Waals surface area contributed by atoms with Crippen LogP contribution in [0.1, 0.15) is 0 Å². The largest absolute Gasteiger partial charge is 0.397 e. The third kappa shape index (κ3) is 3.29. The van der Waals surface area contributed by atoms with Crippen LogP contribution in [-0.2, 0) is 9.84 Å². The molecule has 0 radical (unpaired) electrons. The maximum Gasteiger partial charge on any atom is 0.175 e. The molecule has 0 saturated heterocycles. The smallest absolute Gasteiger partial charge is 0.175 e. The first-order valence-electron chi connectivity index (χ1n) is 5.59. The summed E-state index contributed by atoms with van der Waals surface area (Å²) in [5, 5.41) is 3.00. The Morgan fingerprint density at radius 3 is 2.45 bits per heavy atom. The lowest BCUT2D eigenvalue weighted by Crippen LogP contribution is -2.01. The van der Waals surface area contributed by atoms with E-state index in [0.717, 1.165) is 6.26 Å². The van der Waals surface area contributed by atoms with Gasteiger partial charge in [-0.1, -0.05) is 0 Å². The van der Waals surface area contributed by atoms with Gasteiger partial charge in [0.25, 0.3) is 0 Å². The summed E-state index contributed by atoms with van der Waals surface area (Å²) >= 11 is 3.09. The van der Waals surface area contributed by atoms with Crippen molar-refractivity contribution in [2.75, 3.05) is 17.3 Å². The summed E-state index contributed by atoms with van der Waals surface area (Å²) in [6.45, 7) is 0. The van der Waals surface area contributed by atoms with Crippen molar-refractivity contribution in [2.45, 2.75) is 4.90 Å². The molecule has 3 N–H and O–H groups in total. The number of nitrogens with one attached hydrogen (secondary N) is 1. The van der Waals surface area contributed by atoms with E-state index >= 15 is 0 Å². The molecule has 0 aliphatic carbocycles. The van der Waals surface area contributed by atoms with E-state index in [4.69, 9.17) is 5.73 Å². The minimum Gasteiger partial charge on any atom is -0.397 e. The average molecular weight is 359 g/mol. The summed E-state index contributed by atoms with van der Waals surface area (Å²) in [5.41, 5.74) is 7.31. The summed E-state index contributed by atoms with van der Waals surface area (Å²) in [5.74, 6) is -0.365. The topological polar surface area (TPSA) is 72.2 Å². The highest BCUT2D eigenvalue weighted by molar-refractivity contribution is 9.10. The third-order valence-corrected chi connectivity index (χ3v) is 4.37. The van der Waals surface area contributed by atoms with Crippen molar-refractivity contribution >= 4 is 42.8 Å². The Kier molecular flexibility index (Phi) is 4.01. The Hall–Kier alpha value is -1.60. The lowest BCUT2D eigenvalue weighted by atomic mass is 10.2. The van der Waals surface area contributed by atoms with E-state index in [1.807, 2.05) is 0 Å². The van der Waals surface area contributed by atoms with Crippen molar-refractivity contribution in [1.29, 1.82) is 0 Å². The molecule has 0 saturated carbocycles. The van der Waals surface area contributed by atoms with Gasteiger partial charge < -0.3 is 11.1 Å². The number of benzene rings is 2. The van der Waals surface area contributed by atoms with Crippen LogP contribution in [0.2, 0.25) is 0 Å². The highest BCUT2D eigenvalue weighted by Crippen LogP contribution is 2.28. The van der Waals surface area contributed by atoms with E-state index in [1.54, 1.807) is 18.2 Å². The van der Waals surface area contributed by atoms with Crippen LogP contribution in [0, 0.1) is 5.82 Å². The lowest BCUT2D eigenvalue weighted by Gasteiger charge is -2.11. The van der Waals surface area contributed by atoms with Crippen LogP contribution in [0.15, 0.2) is 45.8 Å². The molecule has 0 atom stereocenters. The Morgan fingerprint density at radius 1 is 1.20 bits per heavy atom. The second-order valence-corrected chi connectivity index (χ2v) is 7.15. The van der Waals surface area contributed by atoms with Crippen LogP contribution in [0.3, 0.4) is 0 Å². The summed E-state index contributed by atoms with van der Waals surface area (Å²) in [6.07, 6.45) is 1.12. The number of anilines is 3. The number of sulfone groups is 1. The SMILES string of the molecule is CS(=O)(=O)c1ccc(Nc2ccc(F)c(Br)c2)c(N)c1. The number of nitrogen functional groups attached to an aromatic ring is 1. The molecule has 0 bridgehead atoms. The number of rotatable bonds is 3. The predicted molar refractivity (Wildman–Crippen MR) is 81.3 cm³/mol. The van der Waals surface area contributed by atoms with Gasteiger partial charge in [-0.3, -0.25) is 0 Å². The van der Waals surface area contributed by atoms with Crippen molar-refractivity contribution in [3.8, 4) is 0 Å². The Balaban J connectivity index is 2.32. The first-order valence-corrected chi connectivity index (χ1v) is 8.27. The number of nitrogens with two attached hydrogens (primary N) is 1. The summed E-state index contributed by atoms with van der Waals surface area (Å²) in [7, 11) is -3.29. The van der Waals surface area contributed by atoms with Gasteiger partial charge in [-0.15, -0.1) is 0 Å². The maximum absolute atomic E-state index is 13.1.